The highest BCUT2D eigenvalue weighted by Gasteiger charge is 2.13. The van der Waals surface area contributed by atoms with Gasteiger partial charge in [0.1, 0.15) is 5.75 Å². The predicted molar refractivity (Wildman–Crippen MR) is 69.2 cm³/mol. The Morgan fingerprint density at radius 3 is 2.88 bits per heavy atom. The molecular weight excluding hydrogens is 286 g/mol. The zero-order chi connectivity index (χ0) is 12.8. The molecule has 0 spiro atoms. The fourth-order valence-electron chi connectivity index (χ4n) is 1.27. The van der Waals surface area contributed by atoms with Gasteiger partial charge in [0.15, 0.2) is 6.10 Å². The Kier molecular flexibility index (Phi) is 5.44. The molecule has 0 bridgehead atoms. The van der Waals surface area contributed by atoms with Crippen LogP contribution in [-0.2, 0) is 11.3 Å². The summed E-state index contributed by atoms with van der Waals surface area (Å²) in [6, 6.07) is 5.45. The van der Waals surface area contributed by atoms with Crippen LogP contribution < -0.4 is 10.1 Å². The van der Waals surface area contributed by atoms with Crippen molar-refractivity contribution in [3.63, 3.8) is 0 Å². The minimum atomic E-state index is -0.971. The standard InChI is InChI=1S/C12H16BrNO3/c1-3-14-7-9-6-10(4-5-11(9)13)17-8(2)12(15)16/h4-6,8,14H,3,7H2,1-2H3,(H,15,16). The van der Waals surface area contributed by atoms with Gasteiger partial charge in [-0.15, -0.1) is 0 Å². The van der Waals surface area contributed by atoms with Crippen LogP contribution in [-0.4, -0.2) is 23.7 Å². The van der Waals surface area contributed by atoms with Crippen molar-refractivity contribution >= 4 is 21.9 Å². The normalized spacial score (nSPS) is 12.2. The summed E-state index contributed by atoms with van der Waals surface area (Å²) in [5.41, 5.74) is 1.04. The van der Waals surface area contributed by atoms with Crippen LogP contribution in [0.3, 0.4) is 0 Å². The minimum Gasteiger partial charge on any atom is -0.479 e. The SMILES string of the molecule is CCNCc1cc(OC(C)C(=O)O)ccc1Br. The largest absolute Gasteiger partial charge is 0.479 e. The van der Waals surface area contributed by atoms with E-state index < -0.39 is 12.1 Å². The number of rotatable bonds is 6. The van der Waals surface area contributed by atoms with Crippen LogP contribution in [0.5, 0.6) is 5.75 Å². The van der Waals surface area contributed by atoms with Crippen LogP contribution in [0.1, 0.15) is 19.4 Å². The van der Waals surface area contributed by atoms with Gasteiger partial charge in [-0.25, -0.2) is 4.79 Å². The van der Waals surface area contributed by atoms with E-state index in [9.17, 15) is 4.79 Å². The van der Waals surface area contributed by atoms with E-state index in [1.165, 1.54) is 6.92 Å². The highest BCUT2D eigenvalue weighted by Crippen LogP contribution is 2.23. The average molecular weight is 302 g/mol. The van der Waals surface area contributed by atoms with E-state index >= 15 is 0 Å². The fourth-order valence-corrected chi connectivity index (χ4v) is 1.66. The molecule has 17 heavy (non-hydrogen) atoms. The number of halogens is 1. The molecule has 1 unspecified atom stereocenters. The van der Waals surface area contributed by atoms with Gasteiger partial charge in [-0.05, 0) is 37.2 Å². The maximum atomic E-state index is 10.7. The maximum absolute atomic E-state index is 10.7. The van der Waals surface area contributed by atoms with Crippen molar-refractivity contribution in [1.29, 1.82) is 0 Å². The molecule has 4 nitrogen and oxygen atoms in total. The molecule has 0 saturated carbocycles. The van der Waals surface area contributed by atoms with E-state index in [1.54, 1.807) is 6.07 Å². The van der Waals surface area contributed by atoms with Crippen LogP contribution >= 0.6 is 15.9 Å². The number of carboxylic acid groups (broad SMARTS) is 1. The van der Waals surface area contributed by atoms with E-state index in [4.69, 9.17) is 9.84 Å². The minimum absolute atomic E-state index is 0.566. The predicted octanol–water partition coefficient (Wildman–Crippen LogP) is 2.41. The van der Waals surface area contributed by atoms with E-state index in [0.29, 0.717) is 5.75 Å². The highest BCUT2D eigenvalue weighted by atomic mass is 79.9. The van der Waals surface area contributed by atoms with Crippen molar-refractivity contribution in [2.24, 2.45) is 0 Å². The third-order valence-corrected chi connectivity index (χ3v) is 3.02. The van der Waals surface area contributed by atoms with Crippen molar-refractivity contribution in [1.82, 2.24) is 5.32 Å². The first-order chi connectivity index (χ1) is 8.04. The number of hydrogen-bond donors (Lipinski definition) is 2. The molecular formula is C12H16BrNO3. The Labute approximate surface area is 109 Å². The molecule has 94 valence electrons. The van der Waals surface area contributed by atoms with Gasteiger partial charge in [0.05, 0.1) is 0 Å². The highest BCUT2D eigenvalue weighted by molar-refractivity contribution is 9.10. The first-order valence-corrected chi connectivity index (χ1v) is 6.22. The van der Waals surface area contributed by atoms with Crippen molar-refractivity contribution in [3.8, 4) is 5.75 Å². The summed E-state index contributed by atoms with van der Waals surface area (Å²) < 4.78 is 6.28. The first kappa shape index (κ1) is 14.0. The van der Waals surface area contributed by atoms with Gasteiger partial charge in [0.2, 0.25) is 0 Å². The van der Waals surface area contributed by atoms with Crippen molar-refractivity contribution in [2.75, 3.05) is 6.54 Å². The van der Waals surface area contributed by atoms with Crippen molar-refractivity contribution in [3.05, 3.63) is 28.2 Å². The molecule has 1 rings (SSSR count). The molecule has 0 heterocycles. The molecule has 1 aromatic rings. The Bertz CT molecular complexity index is 395. The molecule has 0 saturated heterocycles. The number of ether oxygens (including phenoxy) is 1. The second-order valence-electron chi connectivity index (χ2n) is 3.63. The van der Waals surface area contributed by atoms with Gasteiger partial charge in [-0.3, -0.25) is 0 Å². The average Bonchev–Trinajstić information content (AvgIpc) is 2.29. The van der Waals surface area contributed by atoms with Gasteiger partial charge in [0, 0.05) is 11.0 Å². The van der Waals surface area contributed by atoms with Crippen molar-refractivity contribution in [2.45, 2.75) is 26.5 Å². The number of nitrogens with one attached hydrogen (secondary N) is 1. The van der Waals surface area contributed by atoms with Crippen LogP contribution in [0, 0.1) is 0 Å². The zero-order valence-electron chi connectivity index (χ0n) is 9.87. The Balaban J connectivity index is 2.77. The molecule has 1 aromatic carbocycles. The summed E-state index contributed by atoms with van der Waals surface area (Å²) in [4.78, 5) is 10.7. The topological polar surface area (TPSA) is 58.6 Å². The number of hydrogen-bond acceptors (Lipinski definition) is 3. The summed E-state index contributed by atoms with van der Waals surface area (Å²) in [7, 11) is 0. The second-order valence-corrected chi connectivity index (χ2v) is 4.49. The van der Waals surface area contributed by atoms with Gasteiger partial charge in [-0.1, -0.05) is 22.9 Å². The van der Waals surface area contributed by atoms with Crippen LogP contribution in [0.4, 0.5) is 0 Å². The lowest BCUT2D eigenvalue weighted by molar-refractivity contribution is -0.144. The monoisotopic (exact) mass is 301 g/mol. The van der Waals surface area contributed by atoms with E-state index in [-0.39, 0.29) is 0 Å². The number of carboxylic acids is 1. The Morgan fingerprint density at radius 2 is 2.29 bits per heavy atom. The van der Waals surface area contributed by atoms with Gasteiger partial charge < -0.3 is 15.2 Å². The number of benzene rings is 1. The number of carbonyl (C=O) groups is 1. The smallest absolute Gasteiger partial charge is 0.344 e. The van der Waals surface area contributed by atoms with Crippen LogP contribution in [0.2, 0.25) is 0 Å². The molecule has 2 N–H and O–H groups in total. The van der Waals surface area contributed by atoms with Gasteiger partial charge >= 0.3 is 5.97 Å². The maximum Gasteiger partial charge on any atom is 0.344 e. The van der Waals surface area contributed by atoms with E-state index in [2.05, 4.69) is 21.2 Å². The molecule has 0 aliphatic carbocycles. The third-order valence-electron chi connectivity index (χ3n) is 2.24. The summed E-state index contributed by atoms with van der Waals surface area (Å²) in [6.07, 6.45) is -0.844. The Morgan fingerprint density at radius 1 is 1.59 bits per heavy atom. The van der Waals surface area contributed by atoms with Crippen molar-refractivity contribution < 1.29 is 14.6 Å². The van der Waals surface area contributed by atoms with Gasteiger partial charge in [0.25, 0.3) is 0 Å². The van der Waals surface area contributed by atoms with Crippen LogP contribution in [0.15, 0.2) is 22.7 Å². The molecule has 5 heteroatoms. The first-order valence-electron chi connectivity index (χ1n) is 5.43. The molecule has 1 atom stereocenters. The molecule has 0 aliphatic heterocycles. The molecule has 0 aliphatic rings. The summed E-state index contributed by atoms with van der Waals surface area (Å²) in [6.45, 7) is 5.13. The summed E-state index contributed by atoms with van der Waals surface area (Å²) in [5, 5.41) is 12.0. The molecule has 0 radical (unpaired) electrons. The summed E-state index contributed by atoms with van der Waals surface area (Å²) in [5.74, 6) is -0.405. The van der Waals surface area contributed by atoms with Crippen LogP contribution in [0.25, 0.3) is 0 Å². The third kappa shape index (κ3) is 4.36. The fraction of sp³-hybridized carbons (Fsp3) is 0.417. The zero-order valence-corrected chi connectivity index (χ0v) is 11.5. The summed E-state index contributed by atoms with van der Waals surface area (Å²) >= 11 is 3.44. The van der Waals surface area contributed by atoms with E-state index in [0.717, 1.165) is 23.1 Å². The lowest BCUT2D eigenvalue weighted by Gasteiger charge is -2.12. The lowest BCUT2D eigenvalue weighted by atomic mass is 10.2. The lowest BCUT2D eigenvalue weighted by Crippen LogP contribution is -2.23. The second kappa shape index (κ2) is 6.61. The molecule has 0 fully saturated rings. The number of aliphatic carboxylic acids is 1. The van der Waals surface area contributed by atoms with E-state index in [1.807, 2.05) is 19.1 Å². The molecule has 0 amide bonds. The Hall–Kier alpha value is -1.07. The van der Waals surface area contributed by atoms with Gasteiger partial charge in [-0.2, -0.15) is 0 Å². The molecule has 0 aromatic heterocycles. The quantitative estimate of drug-likeness (QED) is 0.847.